The predicted molar refractivity (Wildman–Crippen MR) is 115 cm³/mol. The molecule has 0 spiro atoms. The SMILES string of the molecule is COc1ccccc1C1=NO[C@@H](CN(Cc2ccc(F)cc2)C(=O)CC(C)(C)C)C1. The van der Waals surface area contributed by atoms with Gasteiger partial charge in [-0.15, -0.1) is 0 Å². The van der Waals surface area contributed by atoms with E-state index in [4.69, 9.17) is 9.57 Å². The van der Waals surface area contributed by atoms with E-state index in [1.807, 2.05) is 45.0 Å². The molecule has 3 rings (SSSR count). The highest BCUT2D eigenvalue weighted by Crippen LogP contribution is 2.26. The molecule has 1 heterocycles. The summed E-state index contributed by atoms with van der Waals surface area (Å²) in [6.45, 7) is 6.93. The molecule has 160 valence electrons. The van der Waals surface area contributed by atoms with E-state index in [-0.39, 0.29) is 23.2 Å². The van der Waals surface area contributed by atoms with E-state index in [0.717, 1.165) is 22.6 Å². The highest BCUT2D eigenvalue weighted by atomic mass is 19.1. The fourth-order valence-electron chi connectivity index (χ4n) is 3.44. The quantitative estimate of drug-likeness (QED) is 0.657. The lowest BCUT2D eigenvalue weighted by atomic mass is 9.91. The summed E-state index contributed by atoms with van der Waals surface area (Å²) in [6, 6.07) is 13.9. The Hall–Kier alpha value is -2.89. The maximum Gasteiger partial charge on any atom is 0.223 e. The molecule has 0 bridgehead atoms. The number of hydrogen-bond donors (Lipinski definition) is 0. The van der Waals surface area contributed by atoms with Crippen LogP contribution < -0.4 is 4.74 Å². The number of carbonyl (C=O) groups excluding carboxylic acids is 1. The van der Waals surface area contributed by atoms with Crippen molar-refractivity contribution >= 4 is 11.6 Å². The van der Waals surface area contributed by atoms with Crippen molar-refractivity contribution in [1.82, 2.24) is 4.90 Å². The first-order valence-electron chi connectivity index (χ1n) is 10.1. The summed E-state index contributed by atoms with van der Waals surface area (Å²) in [4.78, 5) is 20.5. The van der Waals surface area contributed by atoms with Crippen molar-refractivity contribution in [3.63, 3.8) is 0 Å². The zero-order chi connectivity index (χ0) is 21.7. The topological polar surface area (TPSA) is 51.1 Å². The van der Waals surface area contributed by atoms with Gasteiger partial charge in [-0.1, -0.05) is 50.2 Å². The number of carbonyl (C=O) groups is 1. The van der Waals surface area contributed by atoms with Gasteiger partial charge in [0, 0.05) is 24.9 Å². The van der Waals surface area contributed by atoms with Gasteiger partial charge < -0.3 is 14.5 Å². The fourth-order valence-corrected chi connectivity index (χ4v) is 3.44. The molecule has 2 aromatic rings. The zero-order valence-electron chi connectivity index (χ0n) is 18.0. The summed E-state index contributed by atoms with van der Waals surface area (Å²) in [5.74, 6) is 0.494. The van der Waals surface area contributed by atoms with E-state index in [1.54, 1.807) is 24.1 Å². The van der Waals surface area contributed by atoms with Crippen LogP contribution >= 0.6 is 0 Å². The van der Waals surface area contributed by atoms with E-state index < -0.39 is 0 Å². The van der Waals surface area contributed by atoms with Crippen LogP contribution in [0.25, 0.3) is 0 Å². The maximum atomic E-state index is 13.3. The minimum absolute atomic E-state index is 0.0427. The van der Waals surface area contributed by atoms with Gasteiger partial charge >= 0.3 is 0 Å². The van der Waals surface area contributed by atoms with Crippen LogP contribution in [-0.4, -0.2) is 36.3 Å². The number of rotatable bonds is 7. The highest BCUT2D eigenvalue weighted by molar-refractivity contribution is 6.03. The molecule has 1 amide bonds. The Morgan fingerprint density at radius 1 is 1.20 bits per heavy atom. The highest BCUT2D eigenvalue weighted by Gasteiger charge is 2.29. The number of methoxy groups -OCH3 is 1. The number of ether oxygens (including phenoxy) is 1. The third-order valence-electron chi connectivity index (χ3n) is 4.90. The van der Waals surface area contributed by atoms with Crippen LogP contribution in [0.3, 0.4) is 0 Å². The number of amides is 1. The lowest BCUT2D eigenvalue weighted by Crippen LogP contribution is -2.38. The van der Waals surface area contributed by atoms with E-state index in [2.05, 4.69) is 5.16 Å². The normalized spacial score (nSPS) is 16.0. The Bertz CT molecular complexity index is 903. The second-order valence-corrected chi connectivity index (χ2v) is 8.81. The van der Waals surface area contributed by atoms with E-state index >= 15 is 0 Å². The van der Waals surface area contributed by atoms with Crippen LogP contribution in [0.1, 0.15) is 44.7 Å². The molecule has 0 saturated carbocycles. The Morgan fingerprint density at radius 2 is 1.90 bits per heavy atom. The largest absolute Gasteiger partial charge is 0.496 e. The molecule has 0 unspecified atom stereocenters. The number of halogens is 1. The second-order valence-electron chi connectivity index (χ2n) is 8.81. The van der Waals surface area contributed by atoms with Gasteiger partial charge in [-0.05, 0) is 35.2 Å². The molecular weight excluding hydrogens is 383 g/mol. The molecule has 1 atom stereocenters. The van der Waals surface area contributed by atoms with Crippen LogP contribution in [-0.2, 0) is 16.2 Å². The lowest BCUT2D eigenvalue weighted by Gasteiger charge is -2.28. The maximum absolute atomic E-state index is 13.3. The van der Waals surface area contributed by atoms with Gasteiger partial charge in [0.25, 0.3) is 0 Å². The van der Waals surface area contributed by atoms with Crippen molar-refractivity contribution in [3.8, 4) is 5.75 Å². The average Bonchev–Trinajstić information content (AvgIpc) is 3.16. The third-order valence-corrected chi connectivity index (χ3v) is 4.90. The monoisotopic (exact) mass is 412 g/mol. The molecule has 1 aliphatic heterocycles. The molecule has 0 aromatic heterocycles. The molecule has 0 fully saturated rings. The van der Waals surface area contributed by atoms with Crippen molar-refractivity contribution < 1.29 is 18.8 Å². The van der Waals surface area contributed by atoms with Gasteiger partial charge in [-0.3, -0.25) is 4.79 Å². The molecule has 6 heteroatoms. The summed E-state index contributed by atoms with van der Waals surface area (Å²) in [7, 11) is 1.63. The van der Waals surface area contributed by atoms with Crippen LogP contribution in [0.4, 0.5) is 4.39 Å². The minimum atomic E-state index is -0.291. The van der Waals surface area contributed by atoms with Crippen LogP contribution in [0, 0.1) is 11.2 Å². The number of para-hydroxylation sites is 1. The first kappa shape index (κ1) is 21.8. The van der Waals surface area contributed by atoms with Crippen molar-refractivity contribution in [2.24, 2.45) is 10.6 Å². The first-order valence-corrected chi connectivity index (χ1v) is 10.1. The van der Waals surface area contributed by atoms with Gasteiger partial charge in [0.1, 0.15) is 11.6 Å². The molecule has 0 saturated heterocycles. The van der Waals surface area contributed by atoms with Gasteiger partial charge in [-0.2, -0.15) is 0 Å². The summed E-state index contributed by atoms with van der Waals surface area (Å²) in [5.41, 5.74) is 2.45. The van der Waals surface area contributed by atoms with Gasteiger partial charge in [-0.25, -0.2) is 4.39 Å². The number of nitrogens with zero attached hydrogens (tertiary/aromatic N) is 2. The first-order chi connectivity index (χ1) is 14.2. The molecule has 0 aliphatic carbocycles. The molecule has 1 aliphatic rings. The van der Waals surface area contributed by atoms with Crippen molar-refractivity contribution in [1.29, 1.82) is 0 Å². The lowest BCUT2D eigenvalue weighted by molar-refractivity contribution is -0.135. The Kier molecular flexibility index (Phi) is 6.75. The molecular formula is C24H29FN2O3. The van der Waals surface area contributed by atoms with Crippen molar-refractivity contribution in [2.75, 3.05) is 13.7 Å². The minimum Gasteiger partial charge on any atom is -0.496 e. The molecule has 5 nitrogen and oxygen atoms in total. The van der Waals surface area contributed by atoms with E-state index in [9.17, 15) is 9.18 Å². The zero-order valence-corrected chi connectivity index (χ0v) is 18.0. The fraction of sp³-hybridized carbons (Fsp3) is 0.417. The van der Waals surface area contributed by atoms with E-state index in [0.29, 0.717) is 25.9 Å². The van der Waals surface area contributed by atoms with E-state index in [1.165, 1.54) is 12.1 Å². The summed E-state index contributed by atoms with van der Waals surface area (Å²) in [6.07, 6.45) is 0.763. The molecule has 0 radical (unpaired) electrons. The average molecular weight is 413 g/mol. The molecule has 0 N–H and O–H groups in total. The Balaban J connectivity index is 1.71. The number of oxime groups is 1. The third kappa shape index (κ3) is 5.81. The summed E-state index contributed by atoms with van der Waals surface area (Å²) >= 11 is 0. The van der Waals surface area contributed by atoms with Crippen molar-refractivity contribution in [3.05, 3.63) is 65.5 Å². The van der Waals surface area contributed by atoms with Crippen LogP contribution in [0.15, 0.2) is 53.7 Å². The number of benzene rings is 2. The Labute approximate surface area is 177 Å². The Morgan fingerprint density at radius 3 is 2.57 bits per heavy atom. The van der Waals surface area contributed by atoms with Crippen LogP contribution in [0.5, 0.6) is 5.75 Å². The van der Waals surface area contributed by atoms with Crippen LogP contribution in [0.2, 0.25) is 0 Å². The van der Waals surface area contributed by atoms with Gasteiger partial charge in [0.15, 0.2) is 6.10 Å². The van der Waals surface area contributed by atoms with Crippen molar-refractivity contribution in [2.45, 2.75) is 46.3 Å². The smallest absolute Gasteiger partial charge is 0.223 e. The summed E-state index contributed by atoms with van der Waals surface area (Å²) in [5, 5.41) is 4.25. The van der Waals surface area contributed by atoms with Gasteiger partial charge in [0.2, 0.25) is 5.91 Å². The molecule has 30 heavy (non-hydrogen) atoms. The standard InChI is InChI=1S/C24H29FN2O3/c1-24(2,3)14-23(28)27(15-17-9-11-18(25)12-10-17)16-19-13-21(26-30-19)20-7-5-6-8-22(20)29-4/h5-12,19H,13-16H2,1-4H3/t19-/m1/s1. The number of hydrogen-bond acceptors (Lipinski definition) is 4. The molecule has 2 aromatic carbocycles. The predicted octanol–water partition coefficient (Wildman–Crippen LogP) is 4.79. The second kappa shape index (κ2) is 9.28. The van der Waals surface area contributed by atoms with Gasteiger partial charge in [0.05, 0.1) is 19.4 Å². The summed E-state index contributed by atoms with van der Waals surface area (Å²) < 4.78 is 18.7.